The Balaban J connectivity index is 1.02. The maximum Gasteiger partial charge on any atom is 0.409 e. The molecule has 0 unspecified atom stereocenters. The molecule has 0 spiro atoms. The summed E-state index contributed by atoms with van der Waals surface area (Å²) in [6.45, 7) is 14.0. The van der Waals surface area contributed by atoms with E-state index < -0.39 is 0 Å². The number of thiazole rings is 1. The van der Waals surface area contributed by atoms with Crippen LogP contribution in [0.2, 0.25) is 0 Å². The number of carbonyl (C=O) groups is 1. The van der Waals surface area contributed by atoms with Crippen molar-refractivity contribution >= 4 is 17.4 Å². The molecule has 6 heteroatoms. The summed E-state index contributed by atoms with van der Waals surface area (Å²) in [6.07, 6.45) is 4.71. The van der Waals surface area contributed by atoms with Gasteiger partial charge in [-0.05, 0) is 70.4 Å². The van der Waals surface area contributed by atoms with E-state index in [1.54, 1.807) is 11.3 Å². The van der Waals surface area contributed by atoms with E-state index in [9.17, 15) is 4.79 Å². The first-order valence-corrected chi connectivity index (χ1v) is 16.8. The standard InChI is InChI=1S/C38H42N2O3S/c1-37(2,3)31-20-25(21-32-34(31)42-19-16-38(32,4)5)35-39-22-33(44-35)24-14-17-40(18-15-24)36(41)43-23-30-28-12-8-6-10-26(28)27-11-7-9-13-29(27)30/h6-13,20-22,24,30H,14-19,23H2,1-5H3. The first-order valence-electron chi connectivity index (χ1n) is 16.0. The molecule has 1 aromatic heterocycles. The monoisotopic (exact) mass is 606 g/mol. The van der Waals surface area contributed by atoms with E-state index in [0.717, 1.165) is 36.6 Å². The Morgan fingerprint density at radius 1 is 1.02 bits per heavy atom. The van der Waals surface area contributed by atoms with Crippen LogP contribution in [0.25, 0.3) is 21.7 Å². The molecule has 0 bridgehead atoms. The predicted molar refractivity (Wildman–Crippen MR) is 178 cm³/mol. The van der Waals surface area contributed by atoms with Crippen LogP contribution in [0.5, 0.6) is 5.75 Å². The SMILES string of the molecule is CC(C)(C)c1cc(-c2ncc(C3CCN(C(=O)OCC4c5ccccc5-c5ccccc54)CC3)s2)cc2c1OCCC2(C)C. The third kappa shape index (κ3) is 5.21. The van der Waals surface area contributed by atoms with Crippen molar-refractivity contribution in [2.24, 2.45) is 0 Å². The molecule has 2 aliphatic heterocycles. The van der Waals surface area contributed by atoms with Crippen LogP contribution in [-0.4, -0.2) is 42.3 Å². The molecule has 1 amide bonds. The summed E-state index contributed by atoms with van der Waals surface area (Å²) >= 11 is 1.80. The van der Waals surface area contributed by atoms with Gasteiger partial charge in [-0.3, -0.25) is 0 Å². The summed E-state index contributed by atoms with van der Waals surface area (Å²) in [5.74, 6) is 1.55. The van der Waals surface area contributed by atoms with Crippen LogP contribution in [0.4, 0.5) is 4.79 Å². The van der Waals surface area contributed by atoms with Gasteiger partial charge in [-0.15, -0.1) is 11.3 Å². The second-order valence-corrected chi connectivity index (χ2v) is 15.3. The lowest BCUT2D eigenvalue weighted by atomic mass is 9.75. The number of amides is 1. The summed E-state index contributed by atoms with van der Waals surface area (Å²) in [6, 6.07) is 21.5. The zero-order chi connectivity index (χ0) is 30.6. The van der Waals surface area contributed by atoms with E-state index in [-0.39, 0.29) is 22.8 Å². The smallest absolute Gasteiger partial charge is 0.409 e. The Morgan fingerprint density at radius 2 is 1.68 bits per heavy atom. The number of nitrogens with zero attached hydrogens (tertiary/aromatic N) is 2. The van der Waals surface area contributed by atoms with Crippen molar-refractivity contribution in [2.75, 3.05) is 26.3 Å². The Kier molecular flexibility index (Phi) is 7.31. The van der Waals surface area contributed by atoms with E-state index in [1.165, 1.54) is 43.8 Å². The van der Waals surface area contributed by atoms with Gasteiger partial charge in [-0.25, -0.2) is 9.78 Å². The van der Waals surface area contributed by atoms with Crippen LogP contribution in [-0.2, 0) is 15.6 Å². The third-order valence-corrected chi connectivity index (χ3v) is 11.1. The molecule has 3 heterocycles. The zero-order valence-electron chi connectivity index (χ0n) is 26.5. The largest absolute Gasteiger partial charge is 0.493 e. The molecule has 0 atom stereocenters. The van der Waals surface area contributed by atoms with Gasteiger partial charge in [0, 0.05) is 46.8 Å². The highest BCUT2D eigenvalue weighted by molar-refractivity contribution is 7.15. The Morgan fingerprint density at radius 3 is 2.34 bits per heavy atom. The number of benzene rings is 3. The number of carbonyl (C=O) groups excluding carboxylic acids is 1. The van der Waals surface area contributed by atoms with Crippen molar-refractivity contribution in [3.8, 4) is 27.4 Å². The maximum absolute atomic E-state index is 13.2. The van der Waals surface area contributed by atoms with Crippen molar-refractivity contribution < 1.29 is 14.3 Å². The summed E-state index contributed by atoms with van der Waals surface area (Å²) in [5.41, 5.74) is 8.74. The first kappa shape index (κ1) is 29.1. The number of rotatable bonds is 4. The molecule has 7 rings (SSSR count). The van der Waals surface area contributed by atoms with Crippen molar-refractivity contribution in [3.05, 3.63) is 94.0 Å². The lowest BCUT2D eigenvalue weighted by Crippen LogP contribution is -2.38. The molecule has 0 radical (unpaired) electrons. The van der Waals surface area contributed by atoms with Crippen LogP contribution in [0, 0.1) is 0 Å². The van der Waals surface area contributed by atoms with Gasteiger partial charge in [0.25, 0.3) is 0 Å². The van der Waals surface area contributed by atoms with Crippen molar-refractivity contribution in [3.63, 3.8) is 0 Å². The molecular formula is C38H42N2O3S. The summed E-state index contributed by atoms with van der Waals surface area (Å²) in [4.78, 5) is 21.3. The van der Waals surface area contributed by atoms with Gasteiger partial charge >= 0.3 is 6.09 Å². The topological polar surface area (TPSA) is 51.7 Å². The van der Waals surface area contributed by atoms with Crippen molar-refractivity contribution in [1.29, 1.82) is 0 Å². The second-order valence-electron chi connectivity index (χ2n) is 14.3. The minimum absolute atomic E-state index is 0.0282. The number of likely N-dealkylation sites (tertiary alicyclic amines) is 1. The number of aromatic nitrogens is 1. The van der Waals surface area contributed by atoms with Gasteiger partial charge in [0.2, 0.25) is 0 Å². The molecule has 1 fully saturated rings. The average Bonchev–Trinajstić information content (AvgIpc) is 3.63. The van der Waals surface area contributed by atoms with Gasteiger partial charge in [0.15, 0.2) is 0 Å². The fraction of sp³-hybridized carbons (Fsp3) is 0.421. The molecule has 44 heavy (non-hydrogen) atoms. The van der Waals surface area contributed by atoms with Crippen LogP contribution in [0.3, 0.4) is 0 Å². The number of piperidine rings is 1. The minimum Gasteiger partial charge on any atom is -0.493 e. The highest BCUT2D eigenvalue weighted by Crippen LogP contribution is 2.48. The third-order valence-electron chi connectivity index (χ3n) is 9.86. The highest BCUT2D eigenvalue weighted by atomic mass is 32.1. The van der Waals surface area contributed by atoms with Gasteiger partial charge in [-0.1, -0.05) is 83.1 Å². The molecule has 4 aromatic rings. The van der Waals surface area contributed by atoms with Crippen molar-refractivity contribution in [1.82, 2.24) is 9.88 Å². The summed E-state index contributed by atoms with van der Waals surface area (Å²) in [7, 11) is 0. The Bertz CT molecular complexity index is 1640. The van der Waals surface area contributed by atoms with Crippen LogP contribution in [0.15, 0.2) is 66.9 Å². The van der Waals surface area contributed by atoms with Gasteiger partial charge in [-0.2, -0.15) is 0 Å². The first-order chi connectivity index (χ1) is 21.1. The summed E-state index contributed by atoms with van der Waals surface area (Å²) < 4.78 is 12.2. The number of ether oxygens (including phenoxy) is 2. The normalized spacial score (nSPS) is 17.9. The molecule has 3 aromatic carbocycles. The molecule has 3 aliphatic rings. The zero-order valence-corrected chi connectivity index (χ0v) is 27.3. The lowest BCUT2D eigenvalue weighted by molar-refractivity contribution is 0.0905. The number of hydrogen-bond donors (Lipinski definition) is 0. The molecule has 1 saturated heterocycles. The predicted octanol–water partition coefficient (Wildman–Crippen LogP) is 9.30. The maximum atomic E-state index is 13.2. The van der Waals surface area contributed by atoms with E-state index in [4.69, 9.17) is 14.5 Å². The van der Waals surface area contributed by atoms with E-state index in [2.05, 4.69) is 101 Å². The highest BCUT2D eigenvalue weighted by Gasteiger charge is 2.35. The average molecular weight is 607 g/mol. The van der Waals surface area contributed by atoms with E-state index in [1.807, 2.05) is 4.90 Å². The fourth-order valence-electron chi connectivity index (χ4n) is 7.15. The Hall–Kier alpha value is -3.64. The second kappa shape index (κ2) is 11.1. The minimum atomic E-state index is -0.205. The van der Waals surface area contributed by atoms with Gasteiger partial charge < -0.3 is 14.4 Å². The number of hydrogen-bond acceptors (Lipinski definition) is 5. The molecule has 5 nitrogen and oxygen atoms in total. The van der Waals surface area contributed by atoms with Crippen molar-refractivity contribution in [2.45, 2.75) is 76.5 Å². The molecular weight excluding hydrogens is 564 g/mol. The van der Waals surface area contributed by atoms with Gasteiger partial charge in [0.05, 0.1) is 6.61 Å². The van der Waals surface area contributed by atoms with Gasteiger partial charge in [0.1, 0.15) is 17.4 Å². The van der Waals surface area contributed by atoms with Crippen LogP contribution < -0.4 is 4.74 Å². The number of fused-ring (bicyclic) bond motifs is 4. The Labute approximate surface area is 265 Å². The fourth-order valence-corrected chi connectivity index (χ4v) is 8.22. The molecule has 228 valence electrons. The van der Waals surface area contributed by atoms with Crippen LogP contribution >= 0.6 is 11.3 Å². The van der Waals surface area contributed by atoms with E-state index in [0.29, 0.717) is 25.6 Å². The summed E-state index contributed by atoms with van der Waals surface area (Å²) in [5, 5.41) is 1.06. The molecule has 0 saturated carbocycles. The van der Waals surface area contributed by atoms with Crippen LogP contribution in [0.1, 0.15) is 92.8 Å². The quantitative estimate of drug-likeness (QED) is 0.232. The molecule has 1 aliphatic carbocycles. The molecule has 0 N–H and O–H groups in total. The van der Waals surface area contributed by atoms with E-state index >= 15 is 0 Å². The lowest BCUT2D eigenvalue weighted by Gasteiger charge is -2.36.